The number of nitrogens with zero attached hydrogens (tertiary/aromatic N) is 1. The van der Waals surface area contributed by atoms with Gasteiger partial charge in [-0.15, -0.1) is 0 Å². The SMILES string of the molecule is O=C(O)CN1CCC(c2cc(=O)[nH]o2)CC1Cc1ccc(F)cc1. The van der Waals surface area contributed by atoms with Gasteiger partial charge in [0.25, 0.3) is 5.56 Å². The van der Waals surface area contributed by atoms with Crippen LogP contribution in [-0.4, -0.2) is 40.3 Å². The molecular weight excluding hydrogens is 315 g/mol. The first-order valence-electron chi connectivity index (χ1n) is 7.90. The lowest BCUT2D eigenvalue weighted by molar-refractivity contribution is -0.139. The number of piperidine rings is 1. The van der Waals surface area contributed by atoms with E-state index in [0.717, 1.165) is 12.0 Å². The molecule has 2 N–H and O–H groups in total. The van der Waals surface area contributed by atoms with Gasteiger partial charge in [-0.2, -0.15) is 5.16 Å². The molecular formula is C17H19FN2O4. The van der Waals surface area contributed by atoms with Gasteiger partial charge in [0.2, 0.25) is 0 Å². The predicted octanol–water partition coefficient (Wildman–Crippen LogP) is 1.98. The van der Waals surface area contributed by atoms with E-state index in [2.05, 4.69) is 5.16 Å². The van der Waals surface area contributed by atoms with E-state index in [1.165, 1.54) is 18.2 Å². The summed E-state index contributed by atoms with van der Waals surface area (Å²) in [7, 11) is 0. The Hall–Kier alpha value is -2.41. The van der Waals surface area contributed by atoms with Crippen molar-refractivity contribution in [2.24, 2.45) is 0 Å². The molecule has 2 atom stereocenters. The lowest BCUT2D eigenvalue weighted by atomic mass is 9.86. The fourth-order valence-electron chi connectivity index (χ4n) is 3.34. The molecule has 0 spiro atoms. The molecule has 1 aromatic carbocycles. The zero-order chi connectivity index (χ0) is 17.1. The lowest BCUT2D eigenvalue weighted by Gasteiger charge is -2.38. The van der Waals surface area contributed by atoms with Crippen LogP contribution in [0.2, 0.25) is 0 Å². The first kappa shape index (κ1) is 16.4. The Bertz CT molecular complexity index is 752. The van der Waals surface area contributed by atoms with Gasteiger partial charge >= 0.3 is 5.97 Å². The first-order valence-corrected chi connectivity index (χ1v) is 7.90. The number of carboxylic acid groups (broad SMARTS) is 1. The summed E-state index contributed by atoms with van der Waals surface area (Å²) >= 11 is 0. The zero-order valence-corrected chi connectivity index (χ0v) is 13.1. The summed E-state index contributed by atoms with van der Waals surface area (Å²) < 4.78 is 18.3. The van der Waals surface area contributed by atoms with E-state index < -0.39 is 5.97 Å². The number of rotatable bonds is 5. The van der Waals surface area contributed by atoms with Crippen molar-refractivity contribution >= 4 is 5.97 Å². The third kappa shape index (κ3) is 3.91. The molecule has 0 radical (unpaired) electrons. The Morgan fingerprint density at radius 2 is 2.12 bits per heavy atom. The Kier molecular flexibility index (Phi) is 4.80. The number of aromatic nitrogens is 1. The maximum atomic E-state index is 13.1. The molecule has 128 valence electrons. The van der Waals surface area contributed by atoms with Gasteiger partial charge in [-0.3, -0.25) is 14.5 Å². The van der Waals surface area contributed by atoms with Crippen LogP contribution < -0.4 is 5.56 Å². The maximum Gasteiger partial charge on any atom is 0.317 e. The smallest absolute Gasteiger partial charge is 0.317 e. The summed E-state index contributed by atoms with van der Waals surface area (Å²) in [5.41, 5.74) is 0.681. The molecule has 1 saturated heterocycles. The van der Waals surface area contributed by atoms with Crippen molar-refractivity contribution in [3.05, 3.63) is 57.8 Å². The van der Waals surface area contributed by atoms with E-state index in [9.17, 15) is 14.0 Å². The number of aliphatic carboxylic acids is 1. The van der Waals surface area contributed by atoms with E-state index >= 15 is 0 Å². The minimum absolute atomic E-state index is 0.00878. The fourth-order valence-corrected chi connectivity index (χ4v) is 3.34. The summed E-state index contributed by atoms with van der Waals surface area (Å²) in [5, 5.41) is 11.4. The van der Waals surface area contributed by atoms with E-state index in [-0.39, 0.29) is 29.9 Å². The van der Waals surface area contributed by atoms with Crippen molar-refractivity contribution in [3.63, 3.8) is 0 Å². The number of aromatic amines is 1. The largest absolute Gasteiger partial charge is 0.480 e. The topological polar surface area (TPSA) is 86.5 Å². The van der Waals surface area contributed by atoms with Gasteiger partial charge in [-0.05, 0) is 43.5 Å². The van der Waals surface area contributed by atoms with Crippen LogP contribution in [0.15, 0.2) is 39.6 Å². The van der Waals surface area contributed by atoms with Crippen LogP contribution in [-0.2, 0) is 11.2 Å². The lowest BCUT2D eigenvalue weighted by Crippen LogP contribution is -2.45. The molecule has 0 bridgehead atoms. The molecule has 1 aromatic heterocycles. The average Bonchev–Trinajstić information content (AvgIpc) is 2.97. The van der Waals surface area contributed by atoms with Crippen molar-refractivity contribution in [3.8, 4) is 0 Å². The molecule has 1 aliphatic heterocycles. The minimum atomic E-state index is -0.870. The minimum Gasteiger partial charge on any atom is -0.480 e. The maximum absolute atomic E-state index is 13.1. The molecule has 0 amide bonds. The highest BCUT2D eigenvalue weighted by molar-refractivity contribution is 5.69. The number of nitrogens with one attached hydrogen (secondary N) is 1. The third-order valence-electron chi connectivity index (χ3n) is 4.51. The second-order valence-electron chi connectivity index (χ2n) is 6.19. The van der Waals surface area contributed by atoms with Crippen LogP contribution in [0.5, 0.6) is 0 Å². The van der Waals surface area contributed by atoms with E-state index in [4.69, 9.17) is 9.63 Å². The normalized spacial score (nSPS) is 21.7. The molecule has 2 aromatic rings. The monoisotopic (exact) mass is 334 g/mol. The molecule has 24 heavy (non-hydrogen) atoms. The van der Waals surface area contributed by atoms with Gasteiger partial charge in [0.05, 0.1) is 6.54 Å². The highest BCUT2D eigenvalue weighted by Crippen LogP contribution is 2.32. The number of likely N-dealkylation sites (tertiary alicyclic amines) is 1. The molecule has 1 fully saturated rings. The Morgan fingerprint density at radius 3 is 2.75 bits per heavy atom. The van der Waals surface area contributed by atoms with Gasteiger partial charge in [0.1, 0.15) is 11.6 Å². The van der Waals surface area contributed by atoms with Gasteiger partial charge in [0.15, 0.2) is 0 Å². The summed E-state index contributed by atoms with van der Waals surface area (Å²) in [6.07, 6.45) is 2.04. The first-order chi connectivity index (χ1) is 11.5. The van der Waals surface area contributed by atoms with Gasteiger partial charge in [-0.25, -0.2) is 4.39 Å². The van der Waals surface area contributed by atoms with Gasteiger partial charge in [0, 0.05) is 18.0 Å². The fraction of sp³-hybridized carbons (Fsp3) is 0.412. The highest BCUT2D eigenvalue weighted by atomic mass is 19.1. The molecule has 2 heterocycles. The molecule has 0 saturated carbocycles. The van der Waals surface area contributed by atoms with Crippen molar-refractivity contribution in [2.45, 2.75) is 31.2 Å². The van der Waals surface area contributed by atoms with Crippen LogP contribution in [0.3, 0.4) is 0 Å². The zero-order valence-electron chi connectivity index (χ0n) is 13.1. The van der Waals surface area contributed by atoms with Crippen LogP contribution in [0, 0.1) is 5.82 Å². The van der Waals surface area contributed by atoms with Crippen LogP contribution in [0.4, 0.5) is 4.39 Å². The standard InChI is InChI=1S/C17H19FN2O4/c18-13-3-1-11(2-4-13)7-14-8-12(15-9-16(21)19-24-15)5-6-20(14)10-17(22)23/h1-4,9,12,14H,5-8,10H2,(H,19,21)(H,22,23). The molecule has 7 heteroatoms. The summed E-state index contributed by atoms with van der Waals surface area (Å²) in [4.78, 5) is 24.3. The summed E-state index contributed by atoms with van der Waals surface area (Å²) in [6.45, 7) is 0.577. The van der Waals surface area contributed by atoms with Crippen LogP contribution in [0.25, 0.3) is 0 Å². The second kappa shape index (κ2) is 7.00. The molecule has 0 aliphatic carbocycles. The van der Waals surface area contributed by atoms with Crippen LogP contribution in [0.1, 0.15) is 30.1 Å². The summed E-state index contributed by atoms with van der Waals surface area (Å²) in [6, 6.07) is 7.69. The predicted molar refractivity (Wildman–Crippen MR) is 84.4 cm³/mol. The molecule has 2 unspecified atom stereocenters. The number of carboxylic acids is 1. The van der Waals surface area contributed by atoms with E-state index in [0.29, 0.717) is 25.1 Å². The number of H-pyrrole nitrogens is 1. The Labute approximate surface area is 137 Å². The second-order valence-corrected chi connectivity index (χ2v) is 6.19. The number of halogens is 1. The average molecular weight is 334 g/mol. The Morgan fingerprint density at radius 1 is 1.38 bits per heavy atom. The van der Waals surface area contributed by atoms with E-state index in [1.54, 1.807) is 12.1 Å². The highest BCUT2D eigenvalue weighted by Gasteiger charge is 2.32. The Balaban J connectivity index is 1.76. The summed E-state index contributed by atoms with van der Waals surface area (Å²) in [5.74, 6) is -0.485. The quantitative estimate of drug-likeness (QED) is 0.873. The third-order valence-corrected chi connectivity index (χ3v) is 4.51. The van der Waals surface area contributed by atoms with Crippen LogP contribution >= 0.6 is 0 Å². The van der Waals surface area contributed by atoms with E-state index in [1.807, 2.05) is 4.90 Å². The number of hydrogen-bond donors (Lipinski definition) is 2. The van der Waals surface area contributed by atoms with Gasteiger partial charge < -0.3 is 9.63 Å². The molecule has 1 aliphatic rings. The number of carbonyl (C=O) groups is 1. The molecule has 3 rings (SSSR count). The molecule has 6 nitrogen and oxygen atoms in total. The van der Waals surface area contributed by atoms with Crippen molar-refractivity contribution in [2.75, 3.05) is 13.1 Å². The number of benzene rings is 1. The van der Waals surface area contributed by atoms with Crippen molar-refractivity contribution in [1.82, 2.24) is 10.1 Å². The van der Waals surface area contributed by atoms with Gasteiger partial charge in [-0.1, -0.05) is 12.1 Å². The van der Waals surface area contributed by atoms with Crippen molar-refractivity contribution in [1.29, 1.82) is 0 Å². The number of hydrogen-bond acceptors (Lipinski definition) is 4. The van der Waals surface area contributed by atoms with Crippen molar-refractivity contribution < 1.29 is 18.8 Å².